The molecule has 0 aliphatic carbocycles. The van der Waals surface area contributed by atoms with Gasteiger partial charge < -0.3 is 35.7 Å². The molecule has 0 aromatic heterocycles. The summed E-state index contributed by atoms with van der Waals surface area (Å²) in [5.41, 5.74) is 9.40. The number of hydrogen-bond donors (Lipinski definition) is 6. The fraction of sp³-hybridized carbons (Fsp3) is 0.366. The summed E-state index contributed by atoms with van der Waals surface area (Å²) < 4.78 is 59.7. The van der Waals surface area contributed by atoms with E-state index < -0.39 is 39.4 Å². The predicted octanol–water partition coefficient (Wildman–Crippen LogP) is 4.63. The number of carbonyl (C=O) groups is 2. The maximum absolute atomic E-state index is 12.5. The third-order valence-electron chi connectivity index (χ3n) is 9.21. The molecule has 324 valence electrons. The van der Waals surface area contributed by atoms with Crippen LogP contribution in [0.3, 0.4) is 0 Å². The summed E-state index contributed by atoms with van der Waals surface area (Å²) in [7, 11) is -4.37. The SMILES string of the molecule is C.CC(C)CCC(=O)NCC1OB(O)c2cc(N)ccc21.CC(C)CCC(=O)NCC1OB(O)c2cc(NS(=O)(=O)c3ccccc3)ccc21.O=S(=O)(Cl)c1ccccc1. The summed E-state index contributed by atoms with van der Waals surface area (Å²) in [6.07, 6.45) is 1.84. The fourth-order valence-electron chi connectivity index (χ4n) is 5.99. The maximum atomic E-state index is 12.5. The quantitative estimate of drug-likeness (QED) is 0.0582. The summed E-state index contributed by atoms with van der Waals surface area (Å²) >= 11 is 0. The second kappa shape index (κ2) is 23.0. The van der Waals surface area contributed by atoms with E-state index in [9.17, 15) is 36.5 Å². The third kappa shape index (κ3) is 15.2. The highest BCUT2D eigenvalue weighted by molar-refractivity contribution is 8.13. The molecule has 4 aromatic carbocycles. The van der Waals surface area contributed by atoms with Crippen LogP contribution in [0.5, 0.6) is 0 Å². The highest BCUT2D eigenvalue weighted by atomic mass is 35.7. The average molecular weight is 885 g/mol. The van der Waals surface area contributed by atoms with Crippen LogP contribution < -0.4 is 32.0 Å². The van der Waals surface area contributed by atoms with Gasteiger partial charge in [0.25, 0.3) is 19.1 Å². The molecule has 60 heavy (non-hydrogen) atoms. The molecular formula is C41H55B2ClN4O10S2. The Labute approximate surface area is 359 Å². The molecule has 0 saturated carbocycles. The molecule has 0 spiro atoms. The highest BCUT2D eigenvalue weighted by Crippen LogP contribution is 2.27. The van der Waals surface area contributed by atoms with Gasteiger partial charge in [-0.3, -0.25) is 14.3 Å². The van der Waals surface area contributed by atoms with E-state index >= 15 is 0 Å². The summed E-state index contributed by atoms with van der Waals surface area (Å²) in [5.74, 6) is 0.913. The first-order valence-electron chi connectivity index (χ1n) is 19.1. The first-order valence-corrected chi connectivity index (χ1v) is 22.9. The number of hydrogen-bond acceptors (Lipinski definition) is 11. The average Bonchev–Trinajstić information content (AvgIpc) is 3.68. The lowest BCUT2D eigenvalue weighted by Crippen LogP contribution is -2.30. The number of fused-ring (bicyclic) bond motifs is 2. The number of anilines is 2. The van der Waals surface area contributed by atoms with Crippen molar-refractivity contribution in [2.45, 2.75) is 82.8 Å². The van der Waals surface area contributed by atoms with Gasteiger partial charge in [-0.05, 0) is 95.3 Å². The molecular weight excluding hydrogens is 830 g/mol. The summed E-state index contributed by atoms with van der Waals surface area (Å²) in [6, 6.07) is 26.1. The Balaban J connectivity index is 0.000000267. The molecule has 2 amide bonds. The molecule has 0 fully saturated rings. The largest absolute Gasteiger partial charge is 0.492 e. The van der Waals surface area contributed by atoms with Gasteiger partial charge in [0.2, 0.25) is 11.8 Å². The van der Waals surface area contributed by atoms with Crippen molar-refractivity contribution in [3.8, 4) is 0 Å². The summed E-state index contributed by atoms with van der Waals surface area (Å²) in [5, 5.41) is 25.7. The van der Waals surface area contributed by atoms with Crippen molar-refractivity contribution in [1.29, 1.82) is 0 Å². The molecule has 2 heterocycles. The molecule has 6 rings (SSSR count). The third-order valence-corrected chi connectivity index (χ3v) is 12.0. The van der Waals surface area contributed by atoms with Crippen LogP contribution in [0.2, 0.25) is 0 Å². The van der Waals surface area contributed by atoms with Crippen LogP contribution in [0.4, 0.5) is 11.4 Å². The molecule has 0 saturated heterocycles. The van der Waals surface area contributed by atoms with Crippen molar-refractivity contribution in [2.75, 3.05) is 23.5 Å². The van der Waals surface area contributed by atoms with Gasteiger partial charge in [-0.15, -0.1) is 0 Å². The topological polar surface area (TPSA) is 223 Å². The lowest BCUT2D eigenvalue weighted by molar-refractivity contribution is -0.122. The van der Waals surface area contributed by atoms with Crippen LogP contribution in [-0.2, 0) is 38.0 Å². The lowest BCUT2D eigenvalue weighted by Gasteiger charge is -2.14. The first kappa shape index (κ1) is 49.9. The number of nitrogens with two attached hydrogens (primary N) is 1. The first-order chi connectivity index (χ1) is 27.8. The van der Waals surface area contributed by atoms with Crippen molar-refractivity contribution in [2.24, 2.45) is 11.8 Å². The summed E-state index contributed by atoms with van der Waals surface area (Å²) in [4.78, 5) is 23.9. The maximum Gasteiger partial charge on any atom is 0.492 e. The summed E-state index contributed by atoms with van der Waals surface area (Å²) in [6.45, 7) is 8.91. The van der Waals surface area contributed by atoms with Crippen LogP contribution >= 0.6 is 10.7 Å². The van der Waals surface area contributed by atoms with Crippen molar-refractivity contribution in [3.05, 3.63) is 108 Å². The lowest BCUT2D eigenvalue weighted by atomic mass is 9.79. The normalized spacial score (nSPS) is 15.4. The molecule has 2 aliphatic rings. The number of carbonyl (C=O) groups excluding carboxylic acids is 2. The minimum Gasteiger partial charge on any atom is -0.423 e. The predicted molar refractivity (Wildman–Crippen MR) is 238 cm³/mol. The Kier molecular flexibility index (Phi) is 19.1. The van der Waals surface area contributed by atoms with E-state index in [2.05, 4.69) is 43.1 Å². The number of rotatable bonds is 14. The number of sulfonamides is 1. The highest BCUT2D eigenvalue weighted by Gasteiger charge is 2.36. The Morgan fingerprint density at radius 1 is 0.700 bits per heavy atom. The van der Waals surface area contributed by atoms with Gasteiger partial charge in [-0.1, -0.05) is 83.7 Å². The zero-order valence-corrected chi connectivity index (χ0v) is 35.8. The number of nitrogen functional groups attached to an aromatic ring is 1. The van der Waals surface area contributed by atoms with Crippen LogP contribution in [-0.4, -0.2) is 66.0 Å². The zero-order chi connectivity index (χ0) is 43.3. The molecule has 0 bridgehead atoms. The van der Waals surface area contributed by atoms with E-state index in [0.717, 1.165) is 24.0 Å². The molecule has 4 aromatic rings. The van der Waals surface area contributed by atoms with Crippen molar-refractivity contribution >= 4 is 78.1 Å². The number of nitrogens with one attached hydrogen (secondary N) is 3. The van der Waals surface area contributed by atoms with Crippen LogP contribution in [0.15, 0.2) is 107 Å². The van der Waals surface area contributed by atoms with Gasteiger partial charge in [0.05, 0.1) is 22.0 Å². The molecule has 2 aliphatic heterocycles. The standard InChI is InChI=1S/C20H25BN2O5S.C14H21BN2O3.C6H5ClO2S.CH4/c1-14(2)8-11-20(24)22-13-19-17-10-9-15(12-18(17)21(25)28-19)23-29(26,27)16-6-4-3-5-7-16;1-9(2)3-6-14(18)17-8-13-11-5-4-10(16)7-12(11)15(19)20-13;7-10(8,9)6-4-2-1-3-5-6;/h3-7,9-10,12,14,19,23,25H,8,11,13H2,1-2H3,(H,22,24);4-5,7,9,13,19H,3,6,8,16H2,1-2H3,(H,17,18);1-5H;1H4. The Morgan fingerprint density at radius 3 is 1.57 bits per heavy atom. The van der Waals surface area contributed by atoms with Crippen molar-refractivity contribution < 1.29 is 45.8 Å². The molecule has 14 nitrogen and oxygen atoms in total. The second-order valence-corrected chi connectivity index (χ2v) is 19.1. The number of amides is 2. The van der Waals surface area contributed by atoms with Gasteiger partial charge in [-0.25, -0.2) is 16.8 Å². The van der Waals surface area contributed by atoms with Gasteiger partial charge in [-0.2, -0.15) is 0 Å². The smallest absolute Gasteiger partial charge is 0.423 e. The van der Waals surface area contributed by atoms with Crippen molar-refractivity contribution in [1.82, 2.24) is 10.6 Å². The van der Waals surface area contributed by atoms with Crippen LogP contribution in [0.25, 0.3) is 0 Å². The van der Waals surface area contributed by atoms with E-state index in [4.69, 9.17) is 25.7 Å². The Hall–Kier alpha value is -4.42. The number of halogens is 1. The van der Waals surface area contributed by atoms with Crippen molar-refractivity contribution in [3.63, 3.8) is 0 Å². The fourth-order valence-corrected chi connectivity index (χ4v) is 7.85. The van der Waals surface area contributed by atoms with E-state index in [1.807, 2.05) is 6.07 Å². The molecule has 0 radical (unpaired) electrons. The van der Waals surface area contributed by atoms with Gasteiger partial charge >= 0.3 is 14.2 Å². The molecule has 7 N–H and O–H groups in total. The molecule has 2 unspecified atom stereocenters. The van der Waals surface area contributed by atoms with Gasteiger partial charge in [0.15, 0.2) is 0 Å². The van der Waals surface area contributed by atoms with E-state index in [-0.39, 0.29) is 41.7 Å². The van der Waals surface area contributed by atoms with Gasteiger partial charge in [0.1, 0.15) is 0 Å². The zero-order valence-electron chi connectivity index (χ0n) is 33.4. The van der Waals surface area contributed by atoms with Gasteiger partial charge in [0, 0.05) is 48.0 Å². The monoisotopic (exact) mass is 884 g/mol. The van der Waals surface area contributed by atoms with E-state index in [1.54, 1.807) is 66.7 Å². The molecule has 2 atom stereocenters. The van der Waals surface area contributed by atoms with E-state index in [0.29, 0.717) is 53.5 Å². The van der Waals surface area contributed by atoms with Crippen LogP contribution in [0.1, 0.15) is 84.1 Å². The van der Waals surface area contributed by atoms with E-state index in [1.165, 1.54) is 24.3 Å². The Bertz CT molecular complexity index is 2240. The minimum atomic E-state index is -3.73. The Morgan fingerprint density at radius 2 is 1.13 bits per heavy atom. The van der Waals surface area contributed by atoms with Crippen LogP contribution in [0, 0.1) is 11.8 Å². The number of benzene rings is 4. The minimum absolute atomic E-state index is 0. The molecule has 19 heteroatoms. The second-order valence-electron chi connectivity index (χ2n) is 14.8.